The van der Waals surface area contributed by atoms with Crippen LogP contribution in [0.25, 0.3) is 0 Å². The fraction of sp³-hybridized carbons (Fsp3) is 0.190. The Bertz CT molecular complexity index is 1070. The predicted octanol–water partition coefficient (Wildman–Crippen LogP) is 3.96. The molecule has 154 valence electrons. The molecule has 9 heteroatoms. The summed E-state index contributed by atoms with van der Waals surface area (Å²) in [7, 11) is 0. The Morgan fingerprint density at radius 3 is 2.67 bits per heavy atom. The average molecular weight is 412 g/mol. The minimum absolute atomic E-state index is 0.00571. The Hall–Kier alpha value is -3.75. The van der Waals surface area contributed by atoms with Gasteiger partial charge in [-0.05, 0) is 49.4 Å². The van der Waals surface area contributed by atoms with Gasteiger partial charge in [-0.1, -0.05) is 0 Å². The van der Waals surface area contributed by atoms with Crippen LogP contribution in [-0.4, -0.2) is 34.5 Å². The maximum atomic E-state index is 13.2. The predicted molar refractivity (Wildman–Crippen MR) is 106 cm³/mol. The van der Waals surface area contributed by atoms with Crippen LogP contribution >= 0.6 is 0 Å². The molecule has 0 saturated heterocycles. The lowest BCUT2D eigenvalue weighted by atomic mass is 10.1. The molecule has 1 aliphatic heterocycles. The molecule has 0 saturated carbocycles. The molecule has 0 unspecified atom stereocenters. The molecular weight excluding hydrogens is 394 g/mol. The number of halogens is 2. The van der Waals surface area contributed by atoms with Gasteiger partial charge in [-0.3, -0.25) is 14.6 Å². The van der Waals surface area contributed by atoms with Gasteiger partial charge in [0.2, 0.25) is 0 Å². The summed E-state index contributed by atoms with van der Waals surface area (Å²) in [5.74, 6) is -0.761. The maximum absolute atomic E-state index is 13.2. The van der Waals surface area contributed by atoms with E-state index < -0.39 is 12.5 Å². The summed E-state index contributed by atoms with van der Waals surface area (Å²) in [4.78, 5) is 31.5. The number of ether oxygens (including phenoxy) is 1. The number of pyridine rings is 1. The number of hydrogen-bond donors (Lipinski definition) is 1. The number of nitrogens with one attached hydrogen (secondary N) is 1. The van der Waals surface area contributed by atoms with Gasteiger partial charge in [-0.25, -0.2) is 0 Å². The van der Waals surface area contributed by atoms with Crippen LogP contribution in [0.1, 0.15) is 33.8 Å². The lowest BCUT2D eigenvalue weighted by Gasteiger charge is -2.33. The first kappa shape index (κ1) is 19.6. The third-order valence-corrected chi connectivity index (χ3v) is 4.82. The standard InChI is InChI=1S/C21H18F2N4O3/c1-13-12-27(15-4-6-16(7-5-15)30-21(22)23)20(29)18-17(8-10-26(13)18)19(28)25-14-3-2-9-24-11-14/h2-11,13,21H,12H2,1H3,(H,25,28)/t13-/m0/s1. The first-order valence-corrected chi connectivity index (χ1v) is 9.23. The number of alkyl halides is 2. The van der Waals surface area contributed by atoms with E-state index in [1.54, 1.807) is 35.2 Å². The zero-order valence-corrected chi connectivity index (χ0v) is 16.0. The Labute approximate surface area is 170 Å². The zero-order chi connectivity index (χ0) is 21.3. The fourth-order valence-corrected chi connectivity index (χ4v) is 3.45. The Morgan fingerprint density at radius 1 is 1.23 bits per heavy atom. The number of nitrogens with zero attached hydrogens (tertiary/aromatic N) is 3. The smallest absolute Gasteiger partial charge is 0.387 e. The van der Waals surface area contributed by atoms with Crippen molar-refractivity contribution in [2.75, 3.05) is 16.8 Å². The van der Waals surface area contributed by atoms with E-state index in [0.717, 1.165) is 0 Å². The zero-order valence-electron chi connectivity index (χ0n) is 16.0. The molecule has 0 spiro atoms. The topological polar surface area (TPSA) is 76.5 Å². The van der Waals surface area contributed by atoms with E-state index in [-0.39, 0.29) is 29.0 Å². The van der Waals surface area contributed by atoms with Gasteiger partial charge in [0, 0.05) is 30.7 Å². The number of fused-ring (bicyclic) bond motifs is 1. The van der Waals surface area contributed by atoms with Gasteiger partial charge < -0.3 is 19.5 Å². The number of carbonyl (C=O) groups excluding carboxylic acids is 2. The van der Waals surface area contributed by atoms with Gasteiger partial charge in [0.05, 0.1) is 17.4 Å². The molecule has 30 heavy (non-hydrogen) atoms. The monoisotopic (exact) mass is 412 g/mol. The van der Waals surface area contributed by atoms with Crippen molar-refractivity contribution in [3.63, 3.8) is 0 Å². The molecule has 1 aliphatic rings. The molecule has 0 fully saturated rings. The van der Waals surface area contributed by atoms with Crippen molar-refractivity contribution >= 4 is 23.2 Å². The molecule has 1 atom stereocenters. The van der Waals surface area contributed by atoms with Gasteiger partial charge in [-0.2, -0.15) is 8.78 Å². The normalized spacial score (nSPS) is 15.8. The van der Waals surface area contributed by atoms with Crippen LogP contribution in [-0.2, 0) is 0 Å². The molecule has 2 aromatic heterocycles. The second-order valence-corrected chi connectivity index (χ2v) is 6.82. The van der Waals surface area contributed by atoms with E-state index in [1.165, 1.54) is 35.4 Å². The van der Waals surface area contributed by atoms with E-state index >= 15 is 0 Å². The summed E-state index contributed by atoms with van der Waals surface area (Å²) in [6.45, 7) is -0.615. The van der Waals surface area contributed by atoms with E-state index in [4.69, 9.17) is 0 Å². The summed E-state index contributed by atoms with van der Waals surface area (Å²) < 4.78 is 30.9. The number of benzene rings is 1. The van der Waals surface area contributed by atoms with Crippen molar-refractivity contribution in [1.29, 1.82) is 0 Å². The maximum Gasteiger partial charge on any atom is 0.387 e. The second-order valence-electron chi connectivity index (χ2n) is 6.82. The molecule has 0 radical (unpaired) electrons. The molecule has 4 rings (SSSR count). The summed E-state index contributed by atoms with van der Waals surface area (Å²) >= 11 is 0. The second kappa shape index (κ2) is 7.94. The van der Waals surface area contributed by atoms with Crippen LogP contribution < -0.4 is 15.0 Å². The number of aromatic nitrogens is 2. The molecule has 1 N–H and O–H groups in total. The summed E-state index contributed by atoms with van der Waals surface area (Å²) in [6.07, 6.45) is 4.82. The quantitative estimate of drug-likeness (QED) is 0.688. The number of rotatable bonds is 5. The lowest BCUT2D eigenvalue weighted by molar-refractivity contribution is -0.0498. The van der Waals surface area contributed by atoms with Crippen LogP contribution in [0, 0.1) is 0 Å². The number of hydrogen-bond acceptors (Lipinski definition) is 4. The number of anilines is 2. The summed E-state index contributed by atoms with van der Waals surface area (Å²) in [6, 6.07) is 10.8. The summed E-state index contributed by atoms with van der Waals surface area (Å²) in [5.41, 5.74) is 1.56. The number of carbonyl (C=O) groups is 2. The molecule has 0 bridgehead atoms. The van der Waals surface area contributed by atoms with Gasteiger partial charge in [0.15, 0.2) is 0 Å². The Balaban J connectivity index is 1.62. The highest BCUT2D eigenvalue weighted by molar-refractivity contribution is 6.16. The average Bonchev–Trinajstić information content (AvgIpc) is 3.18. The van der Waals surface area contributed by atoms with Crippen LogP contribution in [0.15, 0.2) is 61.1 Å². The van der Waals surface area contributed by atoms with Crippen LogP contribution in [0.2, 0.25) is 0 Å². The highest BCUT2D eigenvalue weighted by atomic mass is 19.3. The molecule has 3 heterocycles. The van der Waals surface area contributed by atoms with Crippen molar-refractivity contribution in [1.82, 2.24) is 9.55 Å². The molecule has 7 nitrogen and oxygen atoms in total. The van der Waals surface area contributed by atoms with Crippen LogP contribution in [0.4, 0.5) is 20.2 Å². The van der Waals surface area contributed by atoms with Crippen LogP contribution in [0.5, 0.6) is 5.75 Å². The van der Waals surface area contributed by atoms with E-state index in [2.05, 4.69) is 15.0 Å². The molecule has 1 aromatic carbocycles. The van der Waals surface area contributed by atoms with Gasteiger partial charge >= 0.3 is 6.61 Å². The van der Waals surface area contributed by atoms with Crippen molar-refractivity contribution in [2.45, 2.75) is 19.6 Å². The highest BCUT2D eigenvalue weighted by Gasteiger charge is 2.34. The van der Waals surface area contributed by atoms with Crippen molar-refractivity contribution in [3.05, 3.63) is 72.3 Å². The minimum atomic E-state index is -2.92. The Kier molecular flexibility index (Phi) is 5.18. The van der Waals surface area contributed by atoms with Gasteiger partial charge in [0.1, 0.15) is 11.4 Å². The SMILES string of the molecule is C[C@H]1CN(c2ccc(OC(F)F)cc2)C(=O)c2c(C(=O)Nc3cccnc3)ccn21. The molecule has 3 aromatic rings. The van der Waals surface area contributed by atoms with E-state index in [1.807, 2.05) is 6.92 Å². The number of amides is 2. The van der Waals surface area contributed by atoms with Crippen molar-refractivity contribution < 1.29 is 23.1 Å². The minimum Gasteiger partial charge on any atom is -0.435 e. The Morgan fingerprint density at radius 2 is 2.00 bits per heavy atom. The third kappa shape index (κ3) is 3.73. The third-order valence-electron chi connectivity index (χ3n) is 4.82. The van der Waals surface area contributed by atoms with Gasteiger partial charge in [-0.15, -0.1) is 0 Å². The van der Waals surface area contributed by atoms with Crippen molar-refractivity contribution in [2.24, 2.45) is 0 Å². The fourth-order valence-electron chi connectivity index (χ4n) is 3.45. The highest BCUT2D eigenvalue weighted by Crippen LogP contribution is 2.30. The molecule has 0 aliphatic carbocycles. The van der Waals surface area contributed by atoms with Crippen LogP contribution in [0.3, 0.4) is 0 Å². The largest absolute Gasteiger partial charge is 0.435 e. The molecular formula is C21H18F2N4O3. The summed E-state index contributed by atoms with van der Waals surface area (Å²) in [5, 5.41) is 2.74. The van der Waals surface area contributed by atoms with E-state index in [0.29, 0.717) is 17.9 Å². The lowest BCUT2D eigenvalue weighted by Crippen LogP contribution is -2.43. The van der Waals surface area contributed by atoms with Crippen molar-refractivity contribution in [3.8, 4) is 5.75 Å². The molecule has 2 amide bonds. The van der Waals surface area contributed by atoms with Gasteiger partial charge in [0.25, 0.3) is 11.8 Å². The first-order valence-electron chi connectivity index (χ1n) is 9.23. The van der Waals surface area contributed by atoms with E-state index in [9.17, 15) is 18.4 Å². The first-order chi connectivity index (χ1) is 14.4.